The van der Waals surface area contributed by atoms with Crippen molar-refractivity contribution in [3.05, 3.63) is 72.9 Å². The standard InChI is InChI=1S/2C7H7.2ClH.Hf/c2*1-2-7-5-3-4-6-7;;;/h2*2-3,5H,1,4H2;2*1H;/q2*-1;;;+4/p-2. The fourth-order valence-electron chi connectivity index (χ4n) is 1.12. The first-order valence-corrected chi connectivity index (χ1v) is 4.66. The average Bonchev–Trinajstić information content (AvgIpc) is 2.92. The van der Waals surface area contributed by atoms with Crippen molar-refractivity contribution in [3.8, 4) is 0 Å². The van der Waals surface area contributed by atoms with Gasteiger partial charge in [-0.2, -0.15) is 60.8 Å². The molecular formula is C14H14Cl2Hf. The van der Waals surface area contributed by atoms with E-state index in [-0.39, 0.29) is 50.7 Å². The second-order valence-corrected chi connectivity index (χ2v) is 2.89. The second kappa shape index (κ2) is 14.0. The van der Waals surface area contributed by atoms with Crippen LogP contribution in [0.25, 0.3) is 0 Å². The minimum atomic E-state index is 0. The van der Waals surface area contributed by atoms with Crippen molar-refractivity contribution in [2.75, 3.05) is 0 Å². The molecular weight excluding hydrogens is 418 g/mol. The van der Waals surface area contributed by atoms with E-state index in [0.717, 1.165) is 24.0 Å². The minimum absolute atomic E-state index is 0. The molecule has 17 heavy (non-hydrogen) atoms. The van der Waals surface area contributed by atoms with Crippen molar-refractivity contribution in [2.45, 2.75) is 12.8 Å². The molecule has 0 saturated heterocycles. The normalized spacial score (nSPS) is 13.9. The van der Waals surface area contributed by atoms with Gasteiger partial charge in [-0.25, -0.2) is 0 Å². The van der Waals surface area contributed by atoms with Crippen LogP contribution in [0.1, 0.15) is 12.8 Å². The van der Waals surface area contributed by atoms with Crippen molar-refractivity contribution in [1.82, 2.24) is 0 Å². The van der Waals surface area contributed by atoms with Gasteiger partial charge >= 0.3 is 25.8 Å². The van der Waals surface area contributed by atoms with Gasteiger partial charge in [0.2, 0.25) is 0 Å². The Bertz CT molecular complexity index is 302. The number of hydrogen-bond donors (Lipinski definition) is 0. The summed E-state index contributed by atoms with van der Waals surface area (Å²) in [6.07, 6.45) is 19.9. The van der Waals surface area contributed by atoms with Gasteiger partial charge in [-0.15, -0.1) is 12.2 Å². The average molecular weight is 432 g/mol. The molecule has 2 rings (SSSR count). The van der Waals surface area contributed by atoms with Gasteiger partial charge in [0, 0.05) is 0 Å². The van der Waals surface area contributed by atoms with Gasteiger partial charge in [-0.1, -0.05) is 12.8 Å². The molecule has 0 aromatic rings. The van der Waals surface area contributed by atoms with Crippen molar-refractivity contribution in [2.24, 2.45) is 0 Å². The third-order valence-corrected chi connectivity index (χ3v) is 1.88. The van der Waals surface area contributed by atoms with Crippen molar-refractivity contribution in [3.63, 3.8) is 0 Å². The predicted octanol–water partition coefficient (Wildman–Crippen LogP) is -2.27. The Labute approximate surface area is 136 Å². The molecule has 0 spiro atoms. The molecule has 0 aromatic carbocycles. The topological polar surface area (TPSA) is 0 Å². The van der Waals surface area contributed by atoms with E-state index in [0.29, 0.717) is 0 Å². The maximum Gasteiger partial charge on any atom is 4.00 e. The smallest absolute Gasteiger partial charge is 1.00 e. The molecule has 0 radical (unpaired) electrons. The summed E-state index contributed by atoms with van der Waals surface area (Å²) in [4.78, 5) is 0. The third kappa shape index (κ3) is 9.58. The monoisotopic (exact) mass is 432 g/mol. The van der Waals surface area contributed by atoms with Gasteiger partial charge in [0.1, 0.15) is 0 Å². The molecule has 88 valence electrons. The Balaban J connectivity index is -0.000000196. The molecule has 0 nitrogen and oxygen atoms in total. The van der Waals surface area contributed by atoms with E-state index in [1.54, 1.807) is 0 Å². The van der Waals surface area contributed by atoms with E-state index in [1.807, 2.05) is 24.3 Å². The minimum Gasteiger partial charge on any atom is -1.00 e. The fourth-order valence-corrected chi connectivity index (χ4v) is 1.12. The predicted molar refractivity (Wildman–Crippen MR) is 61.4 cm³/mol. The summed E-state index contributed by atoms with van der Waals surface area (Å²) >= 11 is 0. The molecule has 0 fully saturated rings. The summed E-state index contributed by atoms with van der Waals surface area (Å²) in [7, 11) is 0. The summed E-state index contributed by atoms with van der Waals surface area (Å²) in [6.45, 7) is 7.18. The second-order valence-electron chi connectivity index (χ2n) is 2.89. The summed E-state index contributed by atoms with van der Waals surface area (Å²) in [5, 5.41) is 0. The molecule has 3 heteroatoms. The summed E-state index contributed by atoms with van der Waals surface area (Å²) in [6, 6.07) is 0. The zero-order valence-electron chi connectivity index (χ0n) is 9.55. The first-order chi connectivity index (χ1) is 6.86. The molecule has 2 aliphatic rings. The van der Waals surface area contributed by atoms with E-state index in [2.05, 4.69) is 37.5 Å². The maximum absolute atomic E-state index is 3.59. The molecule has 0 heterocycles. The number of hydrogen-bond acceptors (Lipinski definition) is 0. The van der Waals surface area contributed by atoms with Crippen molar-refractivity contribution >= 4 is 0 Å². The van der Waals surface area contributed by atoms with Crippen LogP contribution in [0.4, 0.5) is 0 Å². The van der Waals surface area contributed by atoms with Crippen LogP contribution in [0.5, 0.6) is 0 Å². The van der Waals surface area contributed by atoms with E-state index < -0.39 is 0 Å². The molecule has 0 saturated carbocycles. The quantitative estimate of drug-likeness (QED) is 0.342. The SMILES string of the molecule is C=CC1=[C-]CC=C1.C=CC1=[C-]CC=C1.[Cl-].[Cl-].[Hf+4]. The Hall–Kier alpha value is -0.110. The molecule has 0 unspecified atom stereocenters. The number of allylic oxidation sites excluding steroid dienone is 10. The Kier molecular flexibility index (Phi) is 18.1. The van der Waals surface area contributed by atoms with Gasteiger partial charge in [0.25, 0.3) is 0 Å². The van der Waals surface area contributed by atoms with Crippen LogP contribution in [0.3, 0.4) is 0 Å². The fraction of sp³-hybridized carbons (Fsp3) is 0.143. The molecule has 0 bridgehead atoms. The van der Waals surface area contributed by atoms with Gasteiger partial charge in [-0.3, -0.25) is 0 Å². The molecule has 2 aliphatic carbocycles. The van der Waals surface area contributed by atoms with E-state index in [9.17, 15) is 0 Å². The zero-order chi connectivity index (χ0) is 10.2. The Morgan fingerprint density at radius 2 is 1.24 bits per heavy atom. The van der Waals surface area contributed by atoms with Crippen LogP contribution in [0.15, 0.2) is 60.8 Å². The van der Waals surface area contributed by atoms with Gasteiger partial charge in [-0.05, 0) is 0 Å². The summed E-state index contributed by atoms with van der Waals surface area (Å²) in [5.74, 6) is 0. The van der Waals surface area contributed by atoms with E-state index in [4.69, 9.17) is 0 Å². The van der Waals surface area contributed by atoms with Crippen molar-refractivity contribution in [1.29, 1.82) is 0 Å². The van der Waals surface area contributed by atoms with Crippen LogP contribution in [0.2, 0.25) is 0 Å². The molecule has 0 amide bonds. The van der Waals surface area contributed by atoms with Crippen LogP contribution in [-0.4, -0.2) is 0 Å². The summed E-state index contributed by atoms with van der Waals surface area (Å²) < 4.78 is 0. The number of halogens is 2. The molecule has 0 atom stereocenters. The first-order valence-electron chi connectivity index (χ1n) is 4.66. The van der Waals surface area contributed by atoms with Gasteiger partial charge in [0.15, 0.2) is 0 Å². The zero-order valence-corrected chi connectivity index (χ0v) is 14.7. The molecule has 0 N–H and O–H groups in total. The van der Waals surface area contributed by atoms with E-state index >= 15 is 0 Å². The first kappa shape index (κ1) is 22.1. The van der Waals surface area contributed by atoms with E-state index in [1.165, 1.54) is 0 Å². The van der Waals surface area contributed by atoms with Crippen LogP contribution >= 0.6 is 0 Å². The largest absolute Gasteiger partial charge is 4.00 e. The van der Waals surface area contributed by atoms with Gasteiger partial charge < -0.3 is 24.8 Å². The van der Waals surface area contributed by atoms with Crippen LogP contribution in [-0.2, 0) is 25.8 Å². The van der Waals surface area contributed by atoms with Gasteiger partial charge in [0.05, 0.1) is 0 Å². The van der Waals surface area contributed by atoms with Crippen molar-refractivity contribution < 1.29 is 50.7 Å². The Morgan fingerprint density at radius 1 is 0.882 bits per heavy atom. The van der Waals surface area contributed by atoms with Crippen LogP contribution < -0.4 is 24.8 Å². The Morgan fingerprint density at radius 3 is 1.35 bits per heavy atom. The maximum atomic E-state index is 3.59. The third-order valence-electron chi connectivity index (χ3n) is 1.88. The number of rotatable bonds is 2. The van der Waals surface area contributed by atoms with Crippen LogP contribution in [0, 0.1) is 12.2 Å². The summed E-state index contributed by atoms with van der Waals surface area (Å²) in [5.41, 5.74) is 2.25. The molecule has 0 aromatic heterocycles. The molecule has 0 aliphatic heterocycles.